The lowest BCUT2D eigenvalue weighted by atomic mass is 10.1. The van der Waals surface area contributed by atoms with Crippen molar-refractivity contribution in [1.82, 2.24) is 0 Å². The van der Waals surface area contributed by atoms with Gasteiger partial charge in [-0.15, -0.1) is 0 Å². The Bertz CT molecular complexity index is 897. The van der Waals surface area contributed by atoms with Crippen molar-refractivity contribution in [2.24, 2.45) is 0 Å². The van der Waals surface area contributed by atoms with Crippen LogP contribution in [-0.4, -0.2) is 15.5 Å². The number of allylic oxidation sites excluding steroid dienone is 2. The third-order valence-corrected chi connectivity index (χ3v) is 5.82. The minimum absolute atomic E-state index is 0.233. The van der Waals surface area contributed by atoms with E-state index in [1.165, 1.54) is 4.31 Å². The zero-order valence-electron chi connectivity index (χ0n) is 15.0. The normalized spacial score (nSPS) is 11.9. The van der Waals surface area contributed by atoms with Gasteiger partial charge in [-0.05, 0) is 45.0 Å². The highest BCUT2D eigenvalue weighted by atomic mass is 32.2. The van der Waals surface area contributed by atoms with Gasteiger partial charge in [0.2, 0.25) is 0 Å². The Labute approximate surface area is 150 Å². The molecule has 0 aliphatic heterocycles. The predicted molar refractivity (Wildman–Crippen MR) is 103 cm³/mol. The predicted octanol–water partition coefficient (Wildman–Crippen LogP) is 4.77. The van der Waals surface area contributed by atoms with E-state index in [2.05, 4.69) is 6.58 Å². The fraction of sp³-hybridized carbons (Fsp3) is 0.200. The standard InChI is InChI=1S/C20H23NO3S/c1-6-16(4)21(19-9-8-10-20(24-5)18(19)7-2)25(22,23)17-13-11-15(3)12-14-17/h6-14H,2H2,1,3-5H3/b16-6+. The average Bonchev–Trinajstić information content (AvgIpc) is 2.61. The summed E-state index contributed by atoms with van der Waals surface area (Å²) in [6.07, 6.45) is 3.37. The lowest BCUT2D eigenvalue weighted by Gasteiger charge is -2.27. The average molecular weight is 357 g/mol. The van der Waals surface area contributed by atoms with Crippen molar-refractivity contribution in [2.45, 2.75) is 25.7 Å². The highest BCUT2D eigenvalue weighted by Crippen LogP contribution is 2.36. The lowest BCUT2D eigenvalue weighted by Crippen LogP contribution is -2.30. The molecule has 0 heterocycles. The third kappa shape index (κ3) is 3.61. The number of methoxy groups -OCH3 is 1. The summed E-state index contributed by atoms with van der Waals surface area (Å²) < 4.78 is 33.3. The molecule has 0 atom stereocenters. The zero-order valence-corrected chi connectivity index (χ0v) is 15.8. The topological polar surface area (TPSA) is 46.6 Å². The molecule has 4 nitrogen and oxygen atoms in total. The van der Waals surface area contributed by atoms with Gasteiger partial charge < -0.3 is 4.74 Å². The van der Waals surface area contributed by atoms with Crippen molar-refractivity contribution in [3.05, 3.63) is 71.9 Å². The maximum Gasteiger partial charge on any atom is 0.268 e. The van der Waals surface area contributed by atoms with E-state index in [0.29, 0.717) is 22.7 Å². The number of nitrogens with zero attached hydrogens (tertiary/aromatic N) is 1. The van der Waals surface area contributed by atoms with E-state index in [-0.39, 0.29) is 4.90 Å². The smallest absolute Gasteiger partial charge is 0.268 e. The van der Waals surface area contributed by atoms with Crippen LogP contribution in [0.5, 0.6) is 5.75 Å². The molecule has 5 heteroatoms. The van der Waals surface area contributed by atoms with Gasteiger partial charge in [-0.1, -0.05) is 42.5 Å². The summed E-state index contributed by atoms with van der Waals surface area (Å²) in [5.41, 5.74) is 2.73. The van der Waals surface area contributed by atoms with Crippen molar-refractivity contribution in [2.75, 3.05) is 11.4 Å². The molecular weight excluding hydrogens is 334 g/mol. The van der Waals surface area contributed by atoms with Crippen LogP contribution in [0.15, 0.2) is 65.7 Å². The Balaban J connectivity index is 2.74. The Morgan fingerprint density at radius 1 is 1.16 bits per heavy atom. The van der Waals surface area contributed by atoms with Gasteiger partial charge in [0.15, 0.2) is 0 Å². The summed E-state index contributed by atoms with van der Waals surface area (Å²) >= 11 is 0. The third-order valence-electron chi connectivity index (χ3n) is 3.98. The molecule has 0 radical (unpaired) electrons. The van der Waals surface area contributed by atoms with E-state index >= 15 is 0 Å². The van der Waals surface area contributed by atoms with Crippen molar-refractivity contribution in [3.8, 4) is 5.75 Å². The van der Waals surface area contributed by atoms with Crippen LogP contribution in [0.25, 0.3) is 6.08 Å². The summed E-state index contributed by atoms with van der Waals surface area (Å²) in [7, 11) is -2.23. The number of ether oxygens (including phenoxy) is 1. The first-order valence-corrected chi connectivity index (χ1v) is 9.35. The monoisotopic (exact) mass is 357 g/mol. The summed E-state index contributed by atoms with van der Waals surface area (Å²) in [6.45, 7) is 9.30. The van der Waals surface area contributed by atoms with Gasteiger partial charge in [0.05, 0.1) is 17.7 Å². The van der Waals surface area contributed by atoms with Crippen LogP contribution in [0.4, 0.5) is 5.69 Å². The van der Waals surface area contributed by atoms with Crippen LogP contribution in [0.2, 0.25) is 0 Å². The first-order chi connectivity index (χ1) is 11.9. The number of hydrogen-bond acceptors (Lipinski definition) is 3. The summed E-state index contributed by atoms with van der Waals surface area (Å²) in [5, 5.41) is 0. The van der Waals surface area contributed by atoms with Crippen molar-refractivity contribution >= 4 is 21.8 Å². The molecule has 0 amide bonds. The van der Waals surface area contributed by atoms with Crippen molar-refractivity contribution in [1.29, 1.82) is 0 Å². The van der Waals surface area contributed by atoms with Crippen molar-refractivity contribution in [3.63, 3.8) is 0 Å². The van der Waals surface area contributed by atoms with Gasteiger partial charge in [-0.25, -0.2) is 12.7 Å². The van der Waals surface area contributed by atoms with Crippen LogP contribution >= 0.6 is 0 Å². The second kappa shape index (κ2) is 7.57. The molecule has 0 bridgehead atoms. The second-order valence-corrected chi connectivity index (χ2v) is 7.40. The van der Waals surface area contributed by atoms with Gasteiger partial charge in [0, 0.05) is 11.3 Å². The van der Waals surface area contributed by atoms with Crippen LogP contribution in [-0.2, 0) is 10.0 Å². The molecule has 0 aliphatic rings. The van der Waals surface area contributed by atoms with Gasteiger partial charge in [-0.3, -0.25) is 0 Å². The number of sulfonamides is 1. The highest BCUT2D eigenvalue weighted by Gasteiger charge is 2.28. The summed E-state index contributed by atoms with van der Waals surface area (Å²) in [4.78, 5) is 0.233. The fourth-order valence-corrected chi connectivity index (χ4v) is 4.13. The molecule has 0 aromatic heterocycles. The van der Waals surface area contributed by atoms with E-state index in [4.69, 9.17) is 4.74 Å². The molecule has 0 fully saturated rings. The Kier molecular flexibility index (Phi) is 5.69. The van der Waals surface area contributed by atoms with Gasteiger partial charge in [0.25, 0.3) is 10.0 Å². The number of hydrogen-bond donors (Lipinski definition) is 0. The van der Waals surface area contributed by atoms with E-state index in [0.717, 1.165) is 5.56 Å². The van der Waals surface area contributed by atoms with Crippen LogP contribution in [0, 0.1) is 6.92 Å². The minimum atomic E-state index is -3.78. The first-order valence-electron chi connectivity index (χ1n) is 7.91. The summed E-state index contributed by atoms with van der Waals surface area (Å²) in [6, 6.07) is 12.1. The van der Waals surface area contributed by atoms with Gasteiger partial charge in [-0.2, -0.15) is 0 Å². The van der Waals surface area contributed by atoms with E-state index < -0.39 is 10.0 Å². The molecular formula is C20H23NO3S. The SMILES string of the molecule is C=Cc1c(OC)cccc1N(/C(C)=C/C)S(=O)(=O)c1ccc(C)cc1. The lowest BCUT2D eigenvalue weighted by molar-refractivity contribution is 0.414. The van der Waals surface area contributed by atoms with Gasteiger partial charge >= 0.3 is 0 Å². The molecule has 0 aliphatic carbocycles. The maximum absolute atomic E-state index is 13.3. The Morgan fingerprint density at radius 3 is 2.32 bits per heavy atom. The molecule has 0 spiro atoms. The molecule has 25 heavy (non-hydrogen) atoms. The molecule has 2 aromatic carbocycles. The number of benzene rings is 2. The van der Waals surface area contributed by atoms with Gasteiger partial charge in [0.1, 0.15) is 5.75 Å². The molecule has 132 valence electrons. The van der Waals surface area contributed by atoms with Crippen LogP contribution in [0.3, 0.4) is 0 Å². The maximum atomic E-state index is 13.3. The number of rotatable bonds is 6. The highest BCUT2D eigenvalue weighted by molar-refractivity contribution is 7.93. The molecule has 0 unspecified atom stereocenters. The number of anilines is 1. The first kappa shape index (κ1) is 18.8. The minimum Gasteiger partial charge on any atom is -0.496 e. The largest absolute Gasteiger partial charge is 0.496 e. The number of aryl methyl sites for hydroxylation is 1. The quantitative estimate of drug-likeness (QED) is 0.748. The molecule has 0 saturated carbocycles. The fourth-order valence-electron chi connectivity index (χ4n) is 2.53. The molecule has 0 saturated heterocycles. The van der Waals surface area contributed by atoms with Crippen LogP contribution in [0.1, 0.15) is 25.0 Å². The van der Waals surface area contributed by atoms with E-state index in [9.17, 15) is 8.42 Å². The molecule has 2 aromatic rings. The Hall–Kier alpha value is -2.53. The van der Waals surface area contributed by atoms with Crippen molar-refractivity contribution < 1.29 is 13.2 Å². The zero-order chi connectivity index (χ0) is 18.6. The summed E-state index contributed by atoms with van der Waals surface area (Å²) in [5.74, 6) is 0.570. The van der Waals surface area contributed by atoms with Crippen LogP contribution < -0.4 is 9.04 Å². The van der Waals surface area contributed by atoms with E-state index in [1.54, 1.807) is 75.6 Å². The molecule has 0 N–H and O–H groups in total. The second-order valence-electron chi connectivity index (χ2n) is 5.61. The molecule has 2 rings (SSSR count). The Morgan fingerprint density at radius 2 is 1.80 bits per heavy atom. The van der Waals surface area contributed by atoms with E-state index in [1.807, 2.05) is 6.92 Å².